The molecule has 1 unspecified atom stereocenters. The summed E-state index contributed by atoms with van der Waals surface area (Å²) in [6, 6.07) is 13.4. The number of carbonyl (C=O) groups excluding carboxylic acids is 2. The topological polar surface area (TPSA) is 105 Å². The van der Waals surface area contributed by atoms with Gasteiger partial charge >= 0.3 is 5.97 Å². The van der Waals surface area contributed by atoms with E-state index in [1.165, 1.54) is 20.2 Å². The minimum absolute atomic E-state index is 0.0452. The van der Waals surface area contributed by atoms with Gasteiger partial charge in [-0.1, -0.05) is 24.3 Å². The molecular weight excluding hydrogens is 348 g/mol. The van der Waals surface area contributed by atoms with Crippen molar-refractivity contribution in [2.75, 3.05) is 20.7 Å². The zero-order valence-electron chi connectivity index (χ0n) is 15.2. The fourth-order valence-corrected chi connectivity index (χ4v) is 2.65. The van der Waals surface area contributed by atoms with Gasteiger partial charge in [-0.2, -0.15) is 0 Å². The Balaban J connectivity index is 2.06. The van der Waals surface area contributed by atoms with Gasteiger partial charge in [-0.15, -0.1) is 0 Å². The molecule has 7 heteroatoms. The molecule has 0 saturated heterocycles. The van der Waals surface area contributed by atoms with E-state index in [2.05, 4.69) is 10.6 Å². The molecule has 7 nitrogen and oxygen atoms in total. The molecule has 0 aliphatic heterocycles. The highest BCUT2D eigenvalue weighted by Gasteiger charge is 2.21. The number of hydrogen-bond donors (Lipinski definition) is 3. The normalized spacial score (nSPS) is 11.3. The van der Waals surface area contributed by atoms with Crippen molar-refractivity contribution in [3.05, 3.63) is 65.2 Å². The number of benzene rings is 2. The van der Waals surface area contributed by atoms with E-state index in [0.29, 0.717) is 11.3 Å². The minimum Gasteiger partial charge on any atom is -0.496 e. The Bertz CT molecular complexity index is 835. The summed E-state index contributed by atoms with van der Waals surface area (Å²) in [4.78, 5) is 35.6. The molecule has 2 amide bonds. The number of methoxy groups -OCH3 is 1. The highest BCUT2D eigenvalue weighted by molar-refractivity contribution is 5.99. The fraction of sp³-hybridized carbons (Fsp3) is 0.250. The maximum Gasteiger partial charge on any atom is 0.308 e. The molecule has 0 radical (unpaired) electrons. The number of nitrogens with one attached hydrogen (secondary N) is 2. The van der Waals surface area contributed by atoms with Gasteiger partial charge in [-0.3, -0.25) is 14.4 Å². The van der Waals surface area contributed by atoms with Gasteiger partial charge in [-0.05, 0) is 36.2 Å². The Morgan fingerprint density at radius 3 is 2.33 bits per heavy atom. The highest BCUT2D eigenvalue weighted by Crippen LogP contribution is 2.21. The summed E-state index contributed by atoms with van der Waals surface area (Å²) >= 11 is 0. The molecule has 2 rings (SSSR count). The standard InChI is InChI=1S/C20H22N2O5/c1-21-18(23)14-7-5-8-15(11-14)19(24)22-12-16(20(25)26)10-13-6-3-4-9-17(13)27-2/h3-9,11,16H,10,12H2,1-2H3,(H,21,23)(H,22,24)(H,25,26). The van der Waals surface area contributed by atoms with Crippen LogP contribution >= 0.6 is 0 Å². The molecule has 27 heavy (non-hydrogen) atoms. The second-order valence-electron chi connectivity index (χ2n) is 5.92. The monoisotopic (exact) mass is 370 g/mol. The lowest BCUT2D eigenvalue weighted by Gasteiger charge is -2.15. The smallest absolute Gasteiger partial charge is 0.308 e. The number of amides is 2. The third-order valence-electron chi connectivity index (χ3n) is 4.13. The zero-order valence-corrected chi connectivity index (χ0v) is 15.2. The largest absolute Gasteiger partial charge is 0.496 e. The van der Waals surface area contributed by atoms with Gasteiger partial charge in [0.1, 0.15) is 5.75 Å². The number of aliphatic carboxylic acids is 1. The van der Waals surface area contributed by atoms with Crippen LogP contribution in [0, 0.1) is 5.92 Å². The summed E-state index contributed by atoms with van der Waals surface area (Å²) in [5.74, 6) is -1.96. The number of rotatable bonds is 8. The van der Waals surface area contributed by atoms with Crippen LogP contribution in [0.5, 0.6) is 5.75 Å². The van der Waals surface area contributed by atoms with Crippen LogP contribution in [0.25, 0.3) is 0 Å². The Kier molecular flexibility index (Phi) is 6.93. The van der Waals surface area contributed by atoms with Crippen molar-refractivity contribution in [3.8, 4) is 5.75 Å². The quantitative estimate of drug-likeness (QED) is 0.656. The molecule has 142 valence electrons. The summed E-state index contributed by atoms with van der Waals surface area (Å²) in [5, 5.41) is 14.6. The third kappa shape index (κ3) is 5.31. The van der Waals surface area contributed by atoms with Gasteiger partial charge in [0.15, 0.2) is 0 Å². The molecule has 0 aliphatic rings. The highest BCUT2D eigenvalue weighted by atomic mass is 16.5. The Hall–Kier alpha value is -3.35. The molecule has 0 fully saturated rings. The van der Waals surface area contributed by atoms with E-state index in [-0.39, 0.29) is 24.4 Å². The van der Waals surface area contributed by atoms with Crippen LogP contribution in [0.15, 0.2) is 48.5 Å². The van der Waals surface area contributed by atoms with Crippen LogP contribution in [0.1, 0.15) is 26.3 Å². The van der Waals surface area contributed by atoms with Crippen molar-refractivity contribution in [1.29, 1.82) is 0 Å². The lowest BCUT2D eigenvalue weighted by molar-refractivity contribution is -0.141. The number of ether oxygens (including phenoxy) is 1. The molecule has 0 aromatic heterocycles. The molecule has 0 heterocycles. The molecule has 3 N–H and O–H groups in total. The molecule has 0 bridgehead atoms. The van der Waals surface area contributed by atoms with E-state index >= 15 is 0 Å². The van der Waals surface area contributed by atoms with Crippen molar-refractivity contribution < 1.29 is 24.2 Å². The summed E-state index contributed by atoms with van der Waals surface area (Å²) < 4.78 is 5.25. The fourth-order valence-electron chi connectivity index (χ4n) is 2.65. The number of hydrogen-bond acceptors (Lipinski definition) is 4. The van der Waals surface area contributed by atoms with E-state index in [4.69, 9.17) is 4.74 Å². The van der Waals surface area contributed by atoms with Crippen LogP contribution in [-0.2, 0) is 11.2 Å². The van der Waals surface area contributed by atoms with Gasteiger partial charge in [0.25, 0.3) is 11.8 Å². The van der Waals surface area contributed by atoms with Gasteiger partial charge in [0.2, 0.25) is 0 Å². The van der Waals surface area contributed by atoms with E-state index in [9.17, 15) is 19.5 Å². The zero-order chi connectivity index (χ0) is 19.8. The summed E-state index contributed by atoms with van der Waals surface area (Å²) in [5.41, 5.74) is 1.40. The number of carboxylic acids is 1. The van der Waals surface area contributed by atoms with Crippen molar-refractivity contribution in [2.45, 2.75) is 6.42 Å². The van der Waals surface area contributed by atoms with E-state index in [0.717, 1.165) is 5.56 Å². The first kappa shape index (κ1) is 20.0. The maximum atomic E-state index is 12.3. The van der Waals surface area contributed by atoms with E-state index < -0.39 is 17.8 Å². The van der Waals surface area contributed by atoms with Crippen molar-refractivity contribution in [3.63, 3.8) is 0 Å². The van der Waals surface area contributed by atoms with Crippen molar-refractivity contribution in [2.24, 2.45) is 5.92 Å². The molecule has 1 atom stereocenters. The number of carboxylic acid groups (broad SMARTS) is 1. The Morgan fingerprint density at radius 1 is 1.04 bits per heavy atom. The van der Waals surface area contributed by atoms with Crippen LogP contribution in [-0.4, -0.2) is 43.6 Å². The van der Waals surface area contributed by atoms with Crippen LogP contribution < -0.4 is 15.4 Å². The Morgan fingerprint density at radius 2 is 1.70 bits per heavy atom. The molecular formula is C20H22N2O5. The summed E-state index contributed by atoms with van der Waals surface area (Å²) in [6.45, 7) is -0.0452. The predicted molar refractivity (Wildman–Crippen MR) is 100.0 cm³/mol. The summed E-state index contributed by atoms with van der Waals surface area (Å²) in [7, 11) is 3.03. The van der Waals surface area contributed by atoms with E-state index in [1.807, 2.05) is 0 Å². The van der Waals surface area contributed by atoms with Crippen molar-refractivity contribution >= 4 is 17.8 Å². The summed E-state index contributed by atoms with van der Waals surface area (Å²) in [6.07, 6.45) is 0.220. The molecule has 0 spiro atoms. The predicted octanol–water partition coefficient (Wildman–Crippen LogP) is 1.73. The molecule has 2 aromatic rings. The van der Waals surface area contributed by atoms with E-state index in [1.54, 1.807) is 42.5 Å². The lowest BCUT2D eigenvalue weighted by Crippen LogP contribution is -2.34. The maximum absolute atomic E-state index is 12.3. The molecule has 2 aromatic carbocycles. The van der Waals surface area contributed by atoms with Gasteiger partial charge in [-0.25, -0.2) is 0 Å². The first-order valence-electron chi connectivity index (χ1n) is 8.41. The van der Waals surface area contributed by atoms with Crippen molar-refractivity contribution in [1.82, 2.24) is 10.6 Å². The second-order valence-corrected chi connectivity index (χ2v) is 5.92. The van der Waals surface area contributed by atoms with Crippen LogP contribution in [0.3, 0.4) is 0 Å². The third-order valence-corrected chi connectivity index (χ3v) is 4.13. The Labute approximate surface area is 157 Å². The number of carbonyl (C=O) groups is 3. The van der Waals surface area contributed by atoms with Gasteiger partial charge < -0.3 is 20.5 Å². The van der Waals surface area contributed by atoms with Gasteiger partial charge in [0.05, 0.1) is 13.0 Å². The average molecular weight is 370 g/mol. The van der Waals surface area contributed by atoms with Crippen LogP contribution in [0.4, 0.5) is 0 Å². The van der Waals surface area contributed by atoms with Gasteiger partial charge in [0, 0.05) is 24.7 Å². The SMILES string of the molecule is CNC(=O)c1cccc(C(=O)NCC(Cc2ccccc2OC)C(=O)O)c1. The van der Waals surface area contributed by atoms with Crippen LogP contribution in [0.2, 0.25) is 0 Å². The second kappa shape index (κ2) is 9.38. The molecule has 0 saturated carbocycles. The lowest BCUT2D eigenvalue weighted by atomic mass is 9.98. The first-order chi connectivity index (χ1) is 13.0. The first-order valence-corrected chi connectivity index (χ1v) is 8.41. The average Bonchev–Trinajstić information content (AvgIpc) is 2.70. The minimum atomic E-state index is -1.01. The molecule has 0 aliphatic carbocycles. The number of para-hydroxylation sites is 1.